The van der Waals surface area contributed by atoms with Crippen molar-refractivity contribution in [2.75, 3.05) is 0 Å². The zero-order valence-electron chi connectivity index (χ0n) is 14.7. The Balaban J connectivity index is 1.80. The molecule has 0 amide bonds. The number of hydrogen-bond donors (Lipinski definition) is 1. The van der Waals surface area contributed by atoms with Gasteiger partial charge in [0.25, 0.3) is 0 Å². The molecular weight excluding hydrogens is 398 g/mol. The van der Waals surface area contributed by atoms with Gasteiger partial charge in [-0.15, -0.1) is 0 Å². The molecule has 2 heterocycles. The van der Waals surface area contributed by atoms with Crippen molar-refractivity contribution in [3.05, 3.63) is 59.8 Å². The van der Waals surface area contributed by atoms with Gasteiger partial charge in [0, 0.05) is 7.05 Å². The average Bonchev–Trinajstić information content (AvgIpc) is 3.23. The third kappa shape index (κ3) is 3.45. The highest BCUT2D eigenvalue weighted by Gasteiger charge is 2.35. The second kappa shape index (κ2) is 6.36. The van der Waals surface area contributed by atoms with E-state index in [4.69, 9.17) is 0 Å². The van der Waals surface area contributed by atoms with Gasteiger partial charge < -0.3 is 4.98 Å². The molecule has 1 N–H and O–H groups in total. The van der Waals surface area contributed by atoms with E-state index in [1.165, 1.54) is 43.4 Å². The molecule has 10 heteroatoms. The van der Waals surface area contributed by atoms with E-state index in [9.17, 15) is 26.3 Å². The molecule has 150 valence electrons. The average molecular weight is 410 g/mol. The highest BCUT2D eigenvalue weighted by Crippen LogP contribution is 2.38. The van der Waals surface area contributed by atoms with Crippen LogP contribution in [-0.4, -0.2) is 19.7 Å². The predicted molar refractivity (Wildman–Crippen MR) is 93.7 cm³/mol. The first-order chi connectivity index (χ1) is 13.5. The van der Waals surface area contributed by atoms with E-state index in [2.05, 4.69) is 15.1 Å². The molecule has 4 nitrogen and oxygen atoms in total. The van der Waals surface area contributed by atoms with Crippen LogP contribution in [0.2, 0.25) is 0 Å². The minimum absolute atomic E-state index is 0.00191. The van der Waals surface area contributed by atoms with Gasteiger partial charge in [-0.1, -0.05) is 24.3 Å². The second-order valence-corrected chi connectivity index (χ2v) is 6.40. The number of aryl methyl sites for hydroxylation is 1. The Morgan fingerprint density at radius 2 is 1.62 bits per heavy atom. The van der Waals surface area contributed by atoms with E-state index in [1.54, 1.807) is 0 Å². The fourth-order valence-corrected chi connectivity index (χ4v) is 3.11. The Labute approximate surface area is 159 Å². The summed E-state index contributed by atoms with van der Waals surface area (Å²) in [5.74, 6) is 0.131. The van der Waals surface area contributed by atoms with Crippen LogP contribution in [0.25, 0.3) is 33.7 Å². The highest BCUT2D eigenvalue weighted by atomic mass is 19.4. The summed E-state index contributed by atoms with van der Waals surface area (Å²) in [4.78, 5) is 7.10. The number of H-pyrrole nitrogens is 1. The Morgan fingerprint density at radius 1 is 0.897 bits per heavy atom. The summed E-state index contributed by atoms with van der Waals surface area (Å²) < 4.78 is 79.6. The van der Waals surface area contributed by atoms with Gasteiger partial charge in [0.15, 0.2) is 11.5 Å². The van der Waals surface area contributed by atoms with Gasteiger partial charge >= 0.3 is 12.4 Å². The van der Waals surface area contributed by atoms with Gasteiger partial charge in [-0.2, -0.15) is 31.4 Å². The van der Waals surface area contributed by atoms with Crippen molar-refractivity contribution in [3.8, 4) is 22.6 Å². The smallest absolute Gasteiger partial charge is 0.337 e. The molecule has 0 spiro atoms. The third-order valence-corrected chi connectivity index (χ3v) is 4.44. The minimum atomic E-state index is -4.60. The van der Waals surface area contributed by atoms with Gasteiger partial charge in [0.1, 0.15) is 5.69 Å². The number of nitrogens with one attached hydrogen (secondary N) is 1. The highest BCUT2D eigenvalue weighted by molar-refractivity contribution is 5.85. The Kier molecular flexibility index (Phi) is 4.18. The van der Waals surface area contributed by atoms with Crippen molar-refractivity contribution in [1.29, 1.82) is 0 Å². The van der Waals surface area contributed by atoms with Gasteiger partial charge in [-0.05, 0) is 35.4 Å². The van der Waals surface area contributed by atoms with Crippen LogP contribution in [0, 0.1) is 0 Å². The van der Waals surface area contributed by atoms with E-state index in [1.807, 2.05) is 0 Å². The molecule has 0 radical (unpaired) electrons. The molecule has 4 rings (SSSR count). The first-order valence-corrected chi connectivity index (χ1v) is 8.32. The zero-order valence-corrected chi connectivity index (χ0v) is 14.7. The molecule has 0 aliphatic carbocycles. The van der Waals surface area contributed by atoms with Crippen LogP contribution < -0.4 is 0 Å². The maximum Gasteiger partial charge on any atom is 0.435 e. The first-order valence-electron chi connectivity index (χ1n) is 8.32. The van der Waals surface area contributed by atoms with Crippen molar-refractivity contribution in [2.24, 2.45) is 7.05 Å². The van der Waals surface area contributed by atoms with E-state index < -0.39 is 23.6 Å². The fraction of sp³-hybridized carbons (Fsp3) is 0.158. The predicted octanol–water partition coefficient (Wildman–Crippen LogP) is 5.67. The van der Waals surface area contributed by atoms with E-state index >= 15 is 0 Å². The molecule has 0 atom stereocenters. The molecular formula is C19H12F6N4. The van der Waals surface area contributed by atoms with Crippen LogP contribution in [0.5, 0.6) is 0 Å². The summed E-state index contributed by atoms with van der Waals surface area (Å²) in [5.41, 5.74) is -0.631. The number of imidazole rings is 1. The Bertz CT molecular complexity index is 1200. The van der Waals surface area contributed by atoms with Crippen molar-refractivity contribution < 1.29 is 26.3 Å². The van der Waals surface area contributed by atoms with E-state index in [0.717, 1.165) is 16.8 Å². The van der Waals surface area contributed by atoms with Crippen molar-refractivity contribution in [3.63, 3.8) is 0 Å². The van der Waals surface area contributed by atoms with Gasteiger partial charge in [-0.3, -0.25) is 4.68 Å². The second-order valence-electron chi connectivity index (χ2n) is 6.40. The lowest BCUT2D eigenvalue weighted by Crippen LogP contribution is -2.06. The lowest BCUT2D eigenvalue weighted by atomic mass is 9.99. The largest absolute Gasteiger partial charge is 0.435 e. The summed E-state index contributed by atoms with van der Waals surface area (Å²) in [6.45, 7) is 0. The Morgan fingerprint density at radius 3 is 2.28 bits per heavy atom. The summed E-state index contributed by atoms with van der Waals surface area (Å²) in [7, 11) is 1.35. The molecule has 4 aromatic rings. The first kappa shape index (κ1) is 19.0. The number of nitrogens with zero attached hydrogens (tertiary/aromatic N) is 3. The molecule has 0 unspecified atom stereocenters. The quantitative estimate of drug-likeness (QED) is 0.433. The maximum atomic E-state index is 13.3. The molecule has 2 aromatic carbocycles. The lowest BCUT2D eigenvalue weighted by molar-refractivity contribution is -0.141. The molecule has 0 bridgehead atoms. The number of aromatic nitrogens is 4. The number of benzene rings is 2. The van der Waals surface area contributed by atoms with Crippen molar-refractivity contribution in [1.82, 2.24) is 19.7 Å². The third-order valence-electron chi connectivity index (χ3n) is 4.44. The molecule has 29 heavy (non-hydrogen) atoms. The Hall–Kier alpha value is -3.30. The van der Waals surface area contributed by atoms with Crippen molar-refractivity contribution in [2.45, 2.75) is 12.4 Å². The maximum absolute atomic E-state index is 13.3. The number of alkyl halides is 6. The number of halogens is 6. The fourth-order valence-electron chi connectivity index (χ4n) is 3.11. The number of fused-ring (bicyclic) bond motifs is 1. The van der Waals surface area contributed by atoms with Crippen LogP contribution in [0.4, 0.5) is 26.3 Å². The van der Waals surface area contributed by atoms with Crippen LogP contribution in [0.1, 0.15) is 11.3 Å². The van der Waals surface area contributed by atoms with Crippen LogP contribution >= 0.6 is 0 Å². The molecule has 2 aromatic heterocycles. The molecule has 0 aliphatic rings. The molecule has 0 saturated carbocycles. The molecule has 0 saturated heterocycles. The van der Waals surface area contributed by atoms with Crippen LogP contribution in [0.15, 0.2) is 48.5 Å². The summed E-state index contributed by atoms with van der Waals surface area (Å²) in [6.07, 6.45) is -9.12. The van der Waals surface area contributed by atoms with Crippen LogP contribution in [0.3, 0.4) is 0 Å². The minimum Gasteiger partial charge on any atom is -0.337 e. The van der Waals surface area contributed by atoms with E-state index in [-0.39, 0.29) is 17.1 Å². The monoisotopic (exact) mass is 410 g/mol. The van der Waals surface area contributed by atoms with Crippen molar-refractivity contribution >= 4 is 11.0 Å². The topological polar surface area (TPSA) is 46.5 Å². The normalized spacial score (nSPS) is 12.7. The summed E-state index contributed by atoms with van der Waals surface area (Å²) in [5, 5.41) is 3.44. The standard InChI is InChI=1S/C19H12F6N4/c1-29-15(9-16(28-29)19(23,24)25)17-26-13-7-6-10(8-14(13)27-17)11-4-2-3-5-12(11)18(20,21)22/h2-9H,1H3,(H,26,27). The number of hydrogen-bond acceptors (Lipinski definition) is 2. The summed E-state index contributed by atoms with van der Waals surface area (Å²) in [6, 6.07) is 10.5. The van der Waals surface area contributed by atoms with Gasteiger partial charge in [0.05, 0.1) is 16.6 Å². The number of aromatic amines is 1. The summed E-state index contributed by atoms with van der Waals surface area (Å²) >= 11 is 0. The lowest BCUT2D eigenvalue weighted by Gasteiger charge is -2.12. The van der Waals surface area contributed by atoms with Gasteiger partial charge in [-0.25, -0.2) is 4.98 Å². The SMILES string of the molecule is Cn1nc(C(F)(F)F)cc1-c1nc2ccc(-c3ccccc3C(F)(F)F)cc2[nH]1. The number of rotatable bonds is 2. The van der Waals surface area contributed by atoms with E-state index in [0.29, 0.717) is 16.6 Å². The molecule has 0 aliphatic heterocycles. The molecule has 0 fully saturated rings. The van der Waals surface area contributed by atoms with Gasteiger partial charge in [0.2, 0.25) is 0 Å². The van der Waals surface area contributed by atoms with Crippen LogP contribution in [-0.2, 0) is 19.4 Å². The zero-order chi connectivity index (χ0) is 21.0.